The summed E-state index contributed by atoms with van der Waals surface area (Å²) in [7, 11) is 1.40. The van der Waals surface area contributed by atoms with Crippen LogP contribution in [0.3, 0.4) is 0 Å². The first-order valence-electron chi connectivity index (χ1n) is 8.65. The molecular weight excluding hydrogens is 392 g/mol. The van der Waals surface area contributed by atoms with E-state index in [0.29, 0.717) is 16.4 Å². The number of rotatable bonds is 4. The summed E-state index contributed by atoms with van der Waals surface area (Å²) >= 11 is 6.06. The molecule has 8 heteroatoms. The summed E-state index contributed by atoms with van der Waals surface area (Å²) in [6.07, 6.45) is 2.75. The Bertz CT molecular complexity index is 1260. The number of carbonyl (C=O) groups is 1. The Labute approximate surface area is 171 Å². The van der Waals surface area contributed by atoms with Crippen LogP contribution < -0.4 is 15.6 Å². The molecule has 1 N–H and O–H groups in total. The third-order valence-corrected chi connectivity index (χ3v) is 4.70. The fraction of sp³-hybridized carbons (Fsp3) is 0.143. The van der Waals surface area contributed by atoms with Gasteiger partial charge in [0.15, 0.2) is 0 Å². The van der Waals surface area contributed by atoms with Crippen LogP contribution in [-0.2, 0) is 4.79 Å². The normalized spacial score (nSPS) is 11.2. The Morgan fingerprint density at radius 1 is 1.31 bits per heavy atom. The highest BCUT2D eigenvalue weighted by atomic mass is 35.5. The number of amides is 1. The fourth-order valence-corrected chi connectivity index (χ4v) is 2.83. The van der Waals surface area contributed by atoms with Crippen molar-refractivity contribution in [2.45, 2.75) is 13.8 Å². The summed E-state index contributed by atoms with van der Waals surface area (Å²) in [5.41, 5.74) is 1.25. The maximum Gasteiger partial charge on any atom is 0.269 e. The van der Waals surface area contributed by atoms with Gasteiger partial charge in [0, 0.05) is 18.3 Å². The van der Waals surface area contributed by atoms with Crippen molar-refractivity contribution in [2.75, 3.05) is 7.05 Å². The molecule has 0 spiro atoms. The van der Waals surface area contributed by atoms with Crippen LogP contribution in [0.1, 0.15) is 16.7 Å². The molecule has 0 radical (unpaired) electrons. The molecule has 0 fully saturated rings. The first kappa shape index (κ1) is 20.1. The van der Waals surface area contributed by atoms with Gasteiger partial charge in [0.2, 0.25) is 5.88 Å². The van der Waals surface area contributed by atoms with E-state index in [-0.39, 0.29) is 17.0 Å². The van der Waals surface area contributed by atoms with Crippen molar-refractivity contribution in [1.82, 2.24) is 14.7 Å². The van der Waals surface area contributed by atoms with Gasteiger partial charge in [0.25, 0.3) is 11.5 Å². The van der Waals surface area contributed by atoms with Crippen molar-refractivity contribution in [3.63, 3.8) is 0 Å². The first-order chi connectivity index (χ1) is 13.8. The molecule has 0 aliphatic carbocycles. The van der Waals surface area contributed by atoms with Crippen LogP contribution in [0.15, 0.2) is 46.9 Å². The number of pyridine rings is 1. The van der Waals surface area contributed by atoms with E-state index >= 15 is 0 Å². The van der Waals surface area contributed by atoms with Gasteiger partial charge in [-0.05, 0) is 55.3 Å². The number of fused-ring (bicyclic) bond motifs is 1. The van der Waals surface area contributed by atoms with Crippen LogP contribution in [0.2, 0.25) is 5.02 Å². The van der Waals surface area contributed by atoms with Crippen molar-refractivity contribution in [2.24, 2.45) is 0 Å². The van der Waals surface area contributed by atoms with Crippen LogP contribution in [0.5, 0.6) is 11.6 Å². The number of halogens is 1. The van der Waals surface area contributed by atoms with Gasteiger partial charge in [0.05, 0.1) is 0 Å². The Morgan fingerprint density at radius 3 is 2.72 bits per heavy atom. The largest absolute Gasteiger partial charge is 0.438 e. The van der Waals surface area contributed by atoms with Crippen molar-refractivity contribution in [3.8, 4) is 17.7 Å². The summed E-state index contributed by atoms with van der Waals surface area (Å²) in [4.78, 5) is 29.5. The maximum absolute atomic E-state index is 13.1. The maximum atomic E-state index is 13.1. The number of hydrogen-bond acceptors (Lipinski definition) is 5. The topological polar surface area (TPSA) is 96.5 Å². The molecule has 0 bridgehead atoms. The summed E-state index contributed by atoms with van der Waals surface area (Å²) in [6, 6.07) is 10.4. The molecule has 0 unspecified atom stereocenters. The minimum Gasteiger partial charge on any atom is -0.438 e. The molecule has 0 saturated carbocycles. The number of carbonyl (C=O) groups excluding carboxylic acids is 1. The van der Waals surface area contributed by atoms with E-state index in [1.165, 1.54) is 17.5 Å². The second kappa shape index (κ2) is 8.17. The summed E-state index contributed by atoms with van der Waals surface area (Å²) in [5, 5.41) is 12.3. The van der Waals surface area contributed by atoms with E-state index in [1.807, 2.05) is 19.9 Å². The van der Waals surface area contributed by atoms with E-state index in [2.05, 4.69) is 10.3 Å². The Hall–Kier alpha value is -3.63. The Kier molecular flexibility index (Phi) is 5.66. The highest BCUT2D eigenvalue weighted by molar-refractivity contribution is 6.31. The van der Waals surface area contributed by atoms with E-state index in [1.54, 1.807) is 36.5 Å². The van der Waals surface area contributed by atoms with E-state index in [9.17, 15) is 14.9 Å². The van der Waals surface area contributed by atoms with Crippen molar-refractivity contribution >= 4 is 29.2 Å². The molecule has 2 aromatic heterocycles. The molecule has 0 saturated heterocycles. The summed E-state index contributed by atoms with van der Waals surface area (Å²) in [6.45, 7) is 3.64. The van der Waals surface area contributed by atoms with Crippen LogP contribution in [-0.4, -0.2) is 22.3 Å². The van der Waals surface area contributed by atoms with Crippen LogP contribution >= 0.6 is 11.6 Å². The molecule has 1 amide bonds. The van der Waals surface area contributed by atoms with Crippen molar-refractivity contribution in [1.29, 1.82) is 5.26 Å². The predicted octanol–water partition coefficient (Wildman–Crippen LogP) is 3.41. The lowest BCUT2D eigenvalue weighted by molar-refractivity contribution is -0.116. The van der Waals surface area contributed by atoms with Gasteiger partial charge in [-0.2, -0.15) is 10.2 Å². The van der Waals surface area contributed by atoms with Crippen molar-refractivity contribution in [3.05, 3.63) is 74.2 Å². The number of benzene rings is 1. The quantitative estimate of drug-likeness (QED) is 0.527. The zero-order chi connectivity index (χ0) is 21.1. The predicted molar refractivity (Wildman–Crippen MR) is 110 cm³/mol. The van der Waals surface area contributed by atoms with E-state index < -0.39 is 11.5 Å². The third kappa shape index (κ3) is 3.98. The lowest BCUT2D eigenvalue weighted by Crippen LogP contribution is -2.22. The summed E-state index contributed by atoms with van der Waals surface area (Å²) in [5.74, 6) is -0.206. The number of hydrogen-bond donors (Lipinski definition) is 1. The molecule has 3 rings (SSSR count). The van der Waals surface area contributed by atoms with Crippen LogP contribution in [0.25, 0.3) is 11.7 Å². The smallest absolute Gasteiger partial charge is 0.269 e. The highest BCUT2D eigenvalue weighted by Crippen LogP contribution is 2.27. The fourth-order valence-electron chi connectivity index (χ4n) is 2.71. The van der Waals surface area contributed by atoms with Gasteiger partial charge in [-0.1, -0.05) is 17.7 Å². The number of ether oxygens (including phenoxy) is 1. The number of likely N-dealkylation sites (N-methyl/N-ethyl adjacent to an activating group) is 1. The van der Waals surface area contributed by atoms with Gasteiger partial charge in [-0.15, -0.1) is 0 Å². The average molecular weight is 409 g/mol. The average Bonchev–Trinajstić information content (AvgIpc) is 2.71. The summed E-state index contributed by atoms with van der Waals surface area (Å²) < 4.78 is 7.23. The van der Waals surface area contributed by atoms with Crippen molar-refractivity contribution < 1.29 is 9.53 Å². The minimum atomic E-state index is -0.616. The standard InChI is InChI=1S/C21H17ClN4O3/c1-12-5-4-8-26-18(12)25-20(29-15-6-7-17(22)13(2)9-15)16(21(26)28)10-14(11-23)19(27)24-3/h4-10H,1-3H3,(H,24,27)/b14-10-. The van der Waals surface area contributed by atoms with Gasteiger partial charge in [-0.3, -0.25) is 14.0 Å². The number of nitrogens with one attached hydrogen (secondary N) is 1. The van der Waals surface area contributed by atoms with E-state index in [0.717, 1.165) is 11.1 Å². The molecule has 0 atom stereocenters. The van der Waals surface area contributed by atoms with Crippen LogP contribution in [0.4, 0.5) is 0 Å². The second-order valence-corrected chi connectivity index (χ2v) is 6.69. The lowest BCUT2D eigenvalue weighted by atomic mass is 10.1. The highest BCUT2D eigenvalue weighted by Gasteiger charge is 2.17. The Balaban J connectivity index is 2.28. The van der Waals surface area contributed by atoms with Gasteiger partial charge >= 0.3 is 0 Å². The number of nitriles is 1. The SMILES string of the molecule is CNC(=O)/C(C#N)=C\c1c(Oc2ccc(Cl)c(C)c2)nc2c(C)cccn2c1=O. The first-order valence-corrected chi connectivity index (χ1v) is 9.03. The number of nitrogens with zero attached hydrogens (tertiary/aromatic N) is 3. The molecule has 3 aromatic rings. The molecular formula is C21H17ClN4O3. The van der Waals surface area contributed by atoms with Gasteiger partial charge in [0.1, 0.15) is 28.6 Å². The number of aromatic nitrogens is 2. The van der Waals surface area contributed by atoms with E-state index in [4.69, 9.17) is 16.3 Å². The lowest BCUT2D eigenvalue weighted by Gasteiger charge is -2.12. The molecule has 2 heterocycles. The van der Waals surface area contributed by atoms with Gasteiger partial charge in [-0.25, -0.2) is 0 Å². The Morgan fingerprint density at radius 2 is 2.07 bits per heavy atom. The molecule has 146 valence electrons. The monoisotopic (exact) mass is 408 g/mol. The molecule has 0 aliphatic heterocycles. The number of aryl methyl sites for hydroxylation is 2. The molecule has 1 aromatic carbocycles. The second-order valence-electron chi connectivity index (χ2n) is 6.28. The van der Waals surface area contributed by atoms with Gasteiger partial charge < -0.3 is 10.1 Å². The minimum absolute atomic E-state index is 0.0114. The third-order valence-electron chi connectivity index (χ3n) is 4.27. The van der Waals surface area contributed by atoms with Crippen LogP contribution in [0, 0.1) is 25.2 Å². The zero-order valence-electron chi connectivity index (χ0n) is 16.0. The molecule has 7 nitrogen and oxygen atoms in total. The molecule has 0 aliphatic rings. The molecule has 29 heavy (non-hydrogen) atoms. The zero-order valence-corrected chi connectivity index (χ0v) is 16.7.